The number of rotatable bonds is 8. The molecule has 1 aromatic carbocycles. The van der Waals surface area contributed by atoms with Crippen LogP contribution in [-0.2, 0) is 21.3 Å². The van der Waals surface area contributed by atoms with Gasteiger partial charge in [-0.05, 0) is 29.8 Å². The highest BCUT2D eigenvalue weighted by atomic mass is 32.2. The molecule has 1 fully saturated rings. The first-order valence-corrected chi connectivity index (χ1v) is 10.5. The zero-order valence-corrected chi connectivity index (χ0v) is 17.0. The van der Waals surface area contributed by atoms with Gasteiger partial charge in [0.15, 0.2) is 0 Å². The molecule has 8 nitrogen and oxygen atoms in total. The van der Waals surface area contributed by atoms with E-state index in [1.807, 2.05) is 18.2 Å². The zero-order chi connectivity index (χ0) is 20.1. The highest BCUT2D eigenvalue weighted by Crippen LogP contribution is 2.36. The summed E-state index contributed by atoms with van der Waals surface area (Å²) >= 11 is 0. The number of aromatic nitrogens is 1. The van der Waals surface area contributed by atoms with Gasteiger partial charge in [-0.2, -0.15) is 5.06 Å². The SMILES string of the molecule is COc1cc(OC)cc(C2C(S(=O)(=O)NCCc3ccccn3)CON2C)c1. The smallest absolute Gasteiger partial charge is 0.218 e. The van der Waals surface area contributed by atoms with E-state index < -0.39 is 21.3 Å². The molecule has 9 heteroatoms. The van der Waals surface area contributed by atoms with E-state index in [2.05, 4.69) is 9.71 Å². The second-order valence-corrected chi connectivity index (χ2v) is 8.47. The van der Waals surface area contributed by atoms with Crippen LogP contribution in [0.25, 0.3) is 0 Å². The third-order valence-corrected chi connectivity index (χ3v) is 6.51. The monoisotopic (exact) mass is 407 g/mol. The Hall–Kier alpha value is -2.20. The standard InChI is InChI=1S/C19H25N3O5S/c1-22-19(14-10-16(25-2)12-17(11-14)26-3)18(13-27-22)28(23,24)21-9-7-15-6-4-5-8-20-15/h4-6,8,10-12,18-19,21H,7,9,13H2,1-3H3. The van der Waals surface area contributed by atoms with Crippen LogP contribution in [0.15, 0.2) is 42.6 Å². The third-order valence-electron chi connectivity index (χ3n) is 4.71. The number of hydrogen-bond acceptors (Lipinski definition) is 7. The van der Waals surface area contributed by atoms with Gasteiger partial charge in [0.25, 0.3) is 0 Å². The number of nitrogens with one attached hydrogen (secondary N) is 1. The van der Waals surface area contributed by atoms with Crippen molar-refractivity contribution >= 4 is 10.0 Å². The minimum Gasteiger partial charge on any atom is -0.497 e. The molecule has 3 rings (SSSR count). The number of sulfonamides is 1. The first kappa shape index (κ1) is 20.5. The molecule has 0 radical (unpaired) electrons. The van der Waals surface area contributed by atoms with Crippen molar-refractivity contribution in [3.05, 3.63) is 53.9 Å². The minimum atomic E-state index is -3.63. The van der Waals surface area contributed by atoms with Crippen LogP contribution in [-0.4, -0.2) is 58.1 Å². The van der Waals surface area contributed by atoms with E-state index in [1.165, 1.54) is 0 Å². The van der Waals surface area contributed by atoms with E-state index >= 15 is 0 Å². The number of methoxy groups -OCH3 is 2. The van der Waals surface area contributed by atoms with Crippen LogP contribution < -0.4 is 14.2 Å². The van der Waals surface area contributed by atoms with Gasteiger partial charge in [-0.1, -0.05) is 6.07 Å². The van der Waals surface area contributed by atoms with Crippen LogP contribution in [0.3, 0.4) is 0 Å². The zero-order valence-electron chi connectivity index (χ0n) is 16.2. The van der Waals surface area contributed by atoms with Crippen LogP contribution in [0.2, 0.25) is 0 Å². The number of hydroxylamine groups is 2. The highest BCUT2D eigenvalue weighted by molar-refractivity contribution is 7.90. The topological polar surface area (TPSA) is 90.0 Å². The Labute approximate surface area is 165 Å². The maximum atomic E-state index is 13.0. The predicted octanol–water partition coefficient (Wildman–Crippen LogP) is 1.55. The lowest BCUT2D eigenvalue weighted by Gasteiger charge is -2.24. The molecule has 28 heavy (non-hydrogen) atoms. The van der Waals surface area contributed by atoms with Crippen molar-refractivity contribution in [2.45, 2.75) is 17.7 Å². The van der Waals surface area contributed by atoms with E-state index in [0.29, 0.717) is 17.9 Å². The lowest BCUT2D eigenvalue weighted by molar-refractivity contribution is -0.110. The predicted molar refractivity (Wildman–Crippen MR) is 105 cm³/mol. The van der Waals surface area contributed by atoms with Crippen molar-refractivity contribution in [2.75, 3.05) is 34.4 Å². The summed E-state index contributed by atoms with van der Waals surface area (Å²) in [5, 5.41) is 0.801. The maximum absolute atomic E-state index is 13.0. The molecular weight excluding hydrogens is 382 g/mol. The second kappa shape index (κ2) is 8.87. The Morgan fingerprint density at radius 3 is 2.54 bits per heavy atom. The molecule has 0 bridgehead atoms. The van der Waals surface area contributed by atoms with Gasteiger partial charge in [-0.3, -0.25) is 9.82 Å². The van der Waals surface area contributed by atoms with Crippen LogP contribution in [0.4, 0.5) is 0 Å². The molecule has 2 unspecified atom stereocenters. The molecule has 0 aliphatic carbocycles. The average molecular weight is 407 g/mol. The molecule has 0 spiro atoms. The highest BCUT2D eigenvalue weighted by Gasteiger charge is 2.43. The first-order valence-electron chi connectivity index (χ1n) is 8.91. The molecule has 1 aliphatic rings. The van der Waals surface area contributed by atoms with Crippen molar-refractivity contribution < 1.29 is 22.7 Å². The number of pyridine rings is 1. The fourth-order valence-electron chi connectivity index (χ4n) is 3.26. The van der Waals surface area contributed by atoms with Gasteiger partial charge in [-0.25, -0.2) is 13.1 Å². The third kappa shape index (κ3) is 4.61. The fraction of sp³-hybridized carbons (Fsp3) is 0.421. The average Bonchev–Trinajstić information content (AvgIpc) is 3.10. The lowest BCUT2D eigenvalue weighted by atomic mass is 10.0. The van der Waals surface area contributed by atoms with Gasteiger partial charge in [0, 0.05) is 38.0 Å². The normalized spacial score (nSPS) is 20.2. The summed E-state index contributed by atoms with van der Waals surface area (Å²) in [7, 11) is 1.21. The Balaban J connectivity index is 1.78. The van der Waals surface area contributed by atoms with Gasteiger partial charge in [0.2, 0.25) is 10.0 Å². The Kier molecular flexibility index (Phi) is 6.50. The van der Waals surface area contributed by atoms with E-state index in [0.717, 1.165) is 11.3 Å². The molecule has 0 amide bonds. The van der Waals surface area contributed by atoms with Gasteiger partial charge in [0.1, 0.15) is 16.7 Å². The summed E-state index contributed by atoms with van der Waals surface area (Å²) in [5.74, 6) is 1.18. The summed E-state index contributed by atoms with van der Waals surface area (Å²) in [6.45, 7) is 0.341. The van der Waals surface area contributed by atoms with Crippen molar-refractivity contribution in [1.82, 2.24) is 14.8 Å². The van der Waals surface area contributed by atoms with Crippen LogP contribution in [0, 0.1) is 0 Å². The van der Waals surface area contributed by atoms with Crippen molar-refractivity contribution in [3.8, 4) is 11.5 Å². The lowest BCUT2D eigenvalue weighted by Crippen LogP contribution is -2.40. The molecule has 2 heterocycles. The van der Waals surface area contributed by atoms with Crippen molar-refractivity contribution in [3.63, 3.8) is 0 Å². The van der Waals surface area contributed by atoms with E-state index in [9.17, 15) is 8.42 Å². The quantitative estimate of drug-likeness (QED) is 0.710. The van der Waals surface area contributed by atoms with Gasteiger partial charge < -0.3 is 9.47 Å². The minimum absolute atomic E-state index is 0.0691. The molecular formula is C19H25N3O5S. The summed E-state index contributed by atoms with van der Waals surface area (Å²) < 4.78 is 39.2. The number of nitrogens with zero attached hydrogens (tertiary/aromatic N) is 2. The van der Waals surface area contributed by atoms with E-state index in [-0.39, 0.29) is 13.2 Å². The Morgan fingerprint density at radius 1 is 1.21 bits per heavy atom. The summed E-state index contributed by atoms with van der Waals surface area (Å²) in [4.78, 5) is 9.76. The largest absolute Gasteiger partial charge is 0.497 e. The maximum Gasteiger partial charge on any atom is 0.218 e. The summed E-state index contributed by atoms with van der Waals surface area (Å²) in [6.07, 6.45) is 2.21. The van der Waals surface area contributed by atoms with Gasteiger partial charge >= 0.3 is 0 Å². The molecule has 2 atom stereocenters. The van der Waals surface area contributed by atoms with Gasteiger partial charge in [-0.15, -0.1) is 0 Å². The van der Waals surface area contributed by atoms with Crippen molar-refractivity contribution in [1.29, 1.82) is 0 Å². The summed E-state index contributed by atoms with van der Waals surface area (Å²) in [6, 6.07) is 10.4. The Morgan fingerprint density at radius 2 is 1.93 bits per heavy atom. The van der Waals surface area contributed by atoms with Crippen LogP contribution >= 0.6 is 0 Å². The van der Waals surface area contributed by atoms with E-state index in [1.54, 1.807) is 50.7 Å². The number of benzene rings is 1. The van der Waals surface area contributed by atoms with Crippen molar-refractivity contribution in [2.24, 2.45) is 0 Å². The van der Waals surface area contributed by atoms with E-state index in [4.69, 9.17) is 14.3 Å². The first-order chi connectivity index (χ1) is 13.4. The van der Waals surface area contributed by atoms with Gasteiger partial charge in [0.05, 0.1) is 26.9 Å². The fourth-order valence-corrected chi connectivity index (χ4v) is 4.76. The molecule has 1 aliphatic heterocycles. The molecule has 1 aromatic heterocycles. The molecule has 152 valence electrons. The molecule has 1 N–H and O–H groups in total. The Bertz CT molecular complexity index is 869. The number of ether oxygens (including phenoxy) is 2. The molecule has 0 saturated carbocycles. The van der Waals surface area contributed by atoms with Crippen LogP contribution in [0.5, 0.6) is 11.5 Å². The molecule has 1 saturated heterocycles. The second-order valence-electron chi connectivity index (χ2n) is 6.48. The molecule has 2 aromatic rings. The van der Waals surface area contributed by atoms with Crippen LogP contribution in [0.1, 0.15) is 17.3 Å². The summed E-state index contributed by atoms with van der Waals surface area (Å²) in [5.41, 5.74) is 1.58. The number of hydrogen-bond donors (Lipinski definition) is 1.